The summed E-state index contributed by atoms with van der Waals surface area (Å²) < 4.78 is 11.2. The first kappa shape index (κ1) is 23.4. The van der Waals surface area contributed by atoms with E-state index >= 15 is 0 Å². The lowest BCUT2D eigenvalue weighted by molar-refractivity contribution is -0.160. The normalized spacial score (nSPS) is 44.2. The molecule has 6 N–H and O–H groups in total. The Hall–Kier alpha value is -0.810. The number of methoxy groups -OCH3 is 1. The number of rotatable bonds is 6. The van der Waals surface area contributed by atoms with Crippen LogP contribution in [0.25, 0.3) is 0 Å². The van der Waals surface area contributed by atoms with Gasteiger partial charge in [-0.15, -0.1) is 0 Å². The smallest absolute Gasteiger partial charge is 0.227 e. The molecular formula is C22H41N5O4. The van der Waals surface area contributed by atoms with Gasteiger partial charge in [-0.2, -0.15) is 0 Å². The second-order valence-electron chi connectivity index (χ2n) is 9.79. The molecule has 0 spiro atoms. The van der Waals surface area contributed by atoms with Crippen molar-refractivity contribution in [2.75, 3.05) is 26.9 Å². The molecule has 1 amide bonds. The first-order valence-electron chi connectivity index (χ1n) is 12.1. The van der Waals surface area contributed by atoms with Crippen molar-refractivity contribution in [3.05, 3.63) is 0 Å². The summed E-state index contributed by atoms with van der Waals surface area (Å²) in [4.78, 5) is 16.1. The van der Waals surface area contributed by atoms with E-state index in [9.17, 15) is 4.79 Å². The first-order valence-corrected chi connectivity index (χ1v) is 12.1. The molecule has 1 aliphatic carbocycles. The summed E-state index contributed by atoms with van der Waals surface area (Å²) in [5.41, 5.74) is 6.23. The van der Waals surface area contributed by atoms with Gasteiger partial charge in [0.15, 0.2) is 0 Å². The van der Waals surface area contributed by atoms with E-state index in [0.717, 1.165) is 51.5 Å². The number of nitrogens with one attached hydrogen (secondary N) is 3. The van der Waals surface area contributed by atoms with Gasteiger partial charge < -0.3 is 25.2 Å². The lowest BCUT2D eigenvalue weighted by Gasteiger charge is -2.55. The number of ether oxygens (including phenoxy) is 2. The third kappa shape index (κ3) is 5.08. The number of carbonyl (C=O) groups excluding carboxylic acids is 1. The highest BCUT2D eigenvalue weighted by molar-refractivity contribution is 5.81. The number of nitrogens with two attached hydrogens (primary N) is 1. The molecule has 9 heteroatoms. The fourth-order valence-electron chi connectivity index (χ4n) is 6.29. The Balaban J connectivity index is 1.49. The molecule has 4 aliphatic rings. The van der Waals surface area contributed by atoms with Gasteiger partial charge in [-0.1, -0.05) is 0 Å². The summed E-state index contributed by atoms with van der Waals surface area (Å²) >= 11 is 0. The summed E-state index contributed by atoms with van der Waals surface area (Å²) in [6, 6.07) is 0.469. The highest BCUT2D eigenvalue weighted by Crippen LogP contribution is 2.41. The van der Waals surface area contributed by atoms with Gasteiger partial charge in [-0.3, -0.25) is 20.7 Å². The number of likely N-dealkylation sites (tertiary alicyclic amines) is 1. The van der Waals surface area contributed by atoms with Crippen LogP contribution < -0.4 is 21.7 Å². The molecule has 3 heterocycles. The van der Waals surface area contributed by atoms with E-state index in [-0.39, 0.29) is 55.3 Å². The van der Waals surface area contributed by atoms with Gasteiger partial charge in [0.25, 0.3) is 0 Å². The first-order chi connectivity index (χ1) is 15.0. The minimum Gasteiger partial charge on any atom is -0.394 e. The minimum absolute atomic E-state index is 0.0156. The Morgan fingerprint density at radius 2 is 1.94 bits per heavy atom. The number of nitrogens with zero attached hydrogens (tertiary/aromatic N) is 1. The number of hydrogen-bond acceptors (Lipinski definition) is 8. The van der Waals surface area contributed by atoms with Crippen LogP contribution in [0.2, 0.25) is 0 Å². The van der Waals surface area contributed by atoms with Crippen LogP contribution in [-0.4, -0.2) is 79.7 Å². The van der Waals surface area contributed by atoms with E-state index < -0.39 is 0 Å². The molecule has 0 aromatic heterocycles. The van der Waals surface area contributed by atoms with E-state index in [4.69, 9.17) is 20.3 Å². The molecular weight excluding hydrogens is 398 g/mol. The predicted molar refractivity (Wildman–Crippen MR) is 117 cm³/mol. The van der Waals surface area contributed by atoms with Crippen molar-refractivity contribution in [3.8, 4) is 0 Å². The maximum absolute atomic E-state index is 13.9. The lowest BCUT2D eigenvalue weighted by Crippen LogP contribution is -2.75. The van der Waals surface area contributed by atoms with Crippen LogP contribution in [0, 0.1) is 17.8 Å². The van der Waals surface area contributed by atoms with E-state index in [0.29, 0.717) is 18.4 Å². The fraction of sp³-hybridized carbons (Fsp3) is 0.955. The van der Waals surface area contributed by atoms with Gasteiger partial charge >= 0.3 is 0 Å². The second kappa shape index (κ2) is 10.4. The molecule has 4 rings (SSSR count). The van der Waals surface area contributed by atoms with Crippen molar-refractivity contribution in [2.45, 2.75) is 88.7 Å². The number of carbonyl (C=O) groups is 1. The number of aliphatic hydroxyl groups excluding tert-OH is 1. The largest absolute Gasteiger partial charge is 0.394 e. The number of amides is 1. The van der Waals surface area contributed by atoms with Crippen LogP contribution >= 0.6 is 0 Å². The zero-order valence-electron chi connectivity index (χ0n) is 19.0. The maximum atomic E-state index is 13.9. The Morgan fingerprint density at radius 3 is 2.58 bits per heavy atom. The predicted octanol–water partition coefficient (Wildman–Crippen LogP) is -0.107. The summed E-state index contributed by atoms with van der Waals surface area (Å²) in [6.45, 7) is 3.48. The summed E-state index contributed by atoms with van der Waals surface area (Å²) in [6.07, 6.45) is 6.56. The Labute approximate surface area is 185 Å². The zero-order chi connectivity index (χ0) is 22.0. The van der Waals surface area contributed by atoms with Crippen molar-refractivity contribution >= 4 is 5.91 Å². The molecule has 3 aliphatic heterocycles. The third-order valence-corrected chi connectivity index (χ3v) is 7.98. The van der Waals surface area contributed by atoms with Gasteiger partial charge in [-0.05, 0) is 57.8 Å². The number of piperidine rings is 2. The molecule has 178 valence electrons. The highest BCUT2D eigenvalue weighted by atomic mass is 16.5. The molecule has 1 saturated carbocycles. The minimum atomic E-state index is -0.300. The fourth-order valence-corrected chi connectivity index (χ4v) is 6.29. The number of fused-ring (bicyclic) bond motifs is 1. The standard InChI is InChI=1S/C22H41N5O4/c1-13-17-11-18(14-3-8-19(30-2)24-12-14)21(29)27(20(17)26-22(23)25-13)15-4-6-16(7-5-15)31-10-9-28/h13-20,22,24-26,28H,3-12,23H2,1-2H3/t13?,14?,15-,16-,17?,18?,19?,20?,22?. The molecule has 31 heavy (non-hydrogen) atoms. The van der Waals surface area contributed by atoms with Crippen LogP contribution in [0.3, 0.4) is 0 Å². The van der Waals surface area contributed by atoms with Crippen molar-refractivity contribution in [1.29, 1.82) is 0 Å². The van der Waals surface area contributed by atoms with Crippen LogP contribution in [0.5, 0.6) is 0 Å². The molecule has 7 atom stereocenters. The monoisotopic (exact) mass is 439 g/mol. The van der Waals surface area contributed by atoms with Crippen LogP contribution in [-0.2, 0) is 14.3 Å². The van der Waals surface area contributed by atoms with Crippen molar-refractivity contribution < 1.29 is 19.4 Å². The molecule has 0 radical (unpaired) electrons. The Morgan fingerprint density at radius 1 is 1.16 bits per heavy atom. The molecule has 9 nitrogen and oxygen atoms in total. The van der Waals surface area contributed by atoms with Gasteiger partial charge in [0.05, 0.1) is 25.5 Å². The van der Waals surface area contributed by atoms with Crippen LogP contribution in [0.4, 0.5) is 0 Å². The van der Waals surface area contributed by atoms with Crippen molar-refractivity contribution in [3.63, 3.8) is 0 Å². The number of aliphatic hydroxyl groups is 1. The van der Waals surface area contributed by atoms with Crippen LogP contribution in [0.1, 0.15) is 51.9 Å². The summed E-state index contributed by atoms with van der Waals surface area (Å²) in [5.74, 6) is 1.01. The van der Waals surface area contributed by atoms with E-state index in [1.54, 1.807) is 7.11 Å². The molecule has 7 unspecified atom stereocenters. The SMILES string of the molecule is COC1CCC(C2CC3C(C)NC(N)NC3N([C@H]3CC[C@H](OCCO)CC3)C2=O)CN1. The van der Waals surface area contributed by atoms with Gasteiger partial charge in [0.2, 0.25) is 5.91 Å². The average molecular weight is 440 g/mol. The maximum Gasteiger partial charge on any atom is 0.227 e. The van der Waals surface area contributed by atoms with E-state index in [1.807, 2.05) is 0 Å². The molecule has 0 bridgehead atoms. The van der Waals surface area contributed by atoms with E-state index in [2.05, 4.69) is 27.8 Å². The quantitative estimate of drug-likeness (QED) is 0.389. The number of hydrogen-bond donors (Lipinski definition) is 5. The highest BCUT2D eigenvalue weighted by Gasteiger charge is 2.51. The van der Waals surface area contributed by atoms with Crippen LogP contribution in [0.15, 0.2) is 0 Å². The zero-order valence-corrected chi connectivity index (χ0v) is 19.0. The second-order valence-corrected chi connectivity index (χ2v) is 9.79. The Bertz CT molecular complexity index is 594. The molecule has 3 saturated heterocycles. The lowest BCUT2D eigenvalue weighted by atomic mass is 9.72. The topological polar surface area (TPSA) is 121 Å². The van der Waals surface area contributed by atoms with E-state index in [1.165, 1.54) is 0 Å². The van der Waals surface area contributed by atoms with Crippen molar-refractivity contribution in [1.82, 2.24) is 20.9 Å². The summed E-state index contributed by atoms with van der Waals surface area (Å²) in [5, 5.41) is 19.4. The molecule has 0 aromatic carbocycles. The van der Waals surface area contributed by atoms with Gasteiger partial charge in [0, 0.05) is 37.6 Å². The summed E-state index contributed by atoms with van der Waals surface area (Å²) in [7, 11) is 1.74. The Kier molecular flexibility index (Phi) is 7.85. The third-order valence-electron chi connectivity index (χ3n) is 7.98. The van der Waals surface area contributed by atoms with Crippen molar-refractivity contribution in [2.24, 2.45) is 23.5 Å². The molecule has 0 aromatic rings. The van der Waals surface area contributed by atoms with Gasteiger partial charge in [0.1, 0.15) is 12.5 Å². The average Bonchev–Trinajstić information content (AvgIpc) is 2.78. The van der Waals surface area contributed by atoms with Gasteiger partial charge in [-0.25, -0.2) is 0 Å². The molecule has 4 fully saturated rings.